The smallest absolute Gasteiger partial charge is 0.242 e. The number of ether oxygens (including phenoxy) is 1. The third kappa shape index (κ3) is 4.44. The Bertz CT molecular complexity index is 872. The van der Waals surface area contributed by atoms with Crippen molar-refractivity contribution in [2.45, 2.75) is 32.6 Å². The van der Waals surface area contributed by atoms with E-state index in [1.54, 1.807) is 4.90 Å². The molecule has 0 saturated carbocycles. The minimum atomic E-state index is -0.291. The molecule has 1 unspecified atom stereocenters. The maximum Gasteiger partial charge on any atom is 0.242 e. The molecule has 29 heavy (non-hydrogen) atoms. The molecule has 5 nitrogen and oxygen atoms in total. The van der Waals surface area contributed by atoms with Crippen molar-refractivity contribution in [1.29, 1.82) is 0 Å². The molecule has 2 aromatic rings. The number of fused-ring (bicyclic) bond motifs is 1. The van der Waals surface area contributed by atoms with E-state index < -0.39 is 0 Å². The van der Waals surface area contributed by atoms with Crippen molar-refractivity contribution in [3.8, 4) is 5.75 Å². The van der Waals surface area contributed by atoms with Crippen LogP contribution in [0.25, 0.3) is 0 Å². The molecule has 0 radical (unpaired) electrons. The monoisotopic (exact) mass is 392 g/mol. The summed E-state index contributed by atoms with van der Waals surface area (Å²) >= 11 is 0. The van der Waals surface area contributed by atoms with E-state index in [1.807, 2.05) is 60.4 Å². The van der Waals surface area contributed by atoms with Crippen molar-refractivity contribution in [3.05, 3.63) is 59.7 Å². The first-order valence-corrected chi connectivity index (χ1v) is 10.5. The molecule has 0 aliphatic carbocycles. The average molecular weight is 392 g/mol. The van der Waals surface area contributed by atoms with Crippen LogP contribution in [-0.2, 0) is 16.0 Å². The summed E-state index contributed by atoms with van der Waals surface area (Å²) in [6, 6.07) is 15.7. The van der Waals surface area contributed by atoms with Gasteiger partial charge in [0, 0.05) is 18.8 Å². The zero-order chi connectivity index (χ0) is 20.2. The molecule has 2 aromatic carbocycles. The third-order valence-electron chi connectivity index (χ3n) is 5.84. The summed E-state index contributed by atoms with van der Waals surface area (Å²) in [5.74, 6) is 0.535. The second-order valence-corrected chi connectivity index (χ2v) is 8.02. The first kappa shape index (κ1) is 19.5. The molecule has 4 rings (SSSR count). The average Bonchev–Trinajstić information content (AvgIpc) is 2.78. The van der Waals surface area contributed by atoms with E-state index in [1.165, 1.54) is 6.42 Å². The van der Waals surface area contributed by atoms with E-state index >= 15 is 0 Å². The van der Waals surface area contributed by atoms with Gasteiger partial charge in [-0.25, -0.2) is 0 Å². The summed E-state index contributed by atoms with van der Waals surface area (Å²) in [6.45, 7) is 4.01. The van der Waals surface area contributed by atoms with Gasteiger partial charge in [0.25, 0.3) is 0 Å². The zero-order valence-electron chi connectivity index (χ0n) is 17.0. The van der Waals surface area contributed by atoms with Crippen molar-refractivity contribution in [2.75, 3.05) is 31.1 Å². The Hall–Kier alpha value is -2.82. The molecule has 152 valence electrons. The van der Waals surface area contributed by atoms with E-state index in [4.69, 9.17) is 4.74 Å². The SMILES string of the molecule is Cc1ccc(N(CC(=O)N2CCCCC2)C(=O)C2COc3ccccc3C2)cc1. The summed E-state index contributed by atoms with van der Waals surface area (Å²) in [5.41, 5.74) is 2.94. The highest BCUT2D eigenvalue weighted by Crippen LogP contribution is 2.29. The summed E-state index contributed by atoms with van der Waals surface area (Å²) < 4.78 is 5.84. The lowest BCUT2D eigenvalue weighted by Crippen LogP contribution is -2.48. The van der Waals surface area contributed by atoms with Gasteiger partial charge in [-0.15, -0.1) is 0 Å². The number of likely N-dealkylation sites (tertiary alicyclic amines) is 1. The number of carbonyl (C=O) groups is 2. The number of benzene rings is 2. The van der Waals surface area contributed by atoms with E-state index in [9.17, 15) is 9.59 Å². The first-order valence-electron chi connectivity index (χ1n) is 10.5. The summed E-state index contributed by atoms with van der Waals surface area (Å²) in [6.07, 6.45) is 3.88. The van der Waals surface area contributed by atoms with E-state index in [0.29, 0.717) is 13.0 Å². The van der Waals surface area contributed by atoms with Gasteiger partial charge in [-0.1, -0.05) is 35.9 Å². The van der Waals surface area contributed by atoms with Crippen LogP contribution in [0.5, 0.6) is 5.75 Å². The Kier molecular flexibility index (Phi) is 5.84. The normalized spacial score (nSPS) is 18.5. The minimum absolute atomic E-state index is 0.0238. The van der Waals surface area contributed by atoms with Crippen LogP contribution < -0.4 is 9.64 Å². The maximum absolute atomic E-state index is 13.5. The zero-order valence-corrected chi connectivity index (χ0v) is 17.0. The van der Waals surface area contributed by atoms with Crippen LogP contribution in [0, 0.1) is 12.8 Å². The number of hydrogen-bond donors (Lipinski definition) is 0. The van der Waals surface area contributed by atoms with Crippen molar-refractivity contribution in [1.82, 2.24) is 4.90 Å². The molecule has 5 heteroatoms. The fourth-order valence-electron chi connectivity index (χ4n) is 4.11. The Labute approximate surface area is 172 Å². The molecule has 0 spiro atoms. The topological polar surface area (TPSA) is 49.9 Å². The molecular formula is C24H28N2O3. The summed E-state index contributed by atoms with van der Waals surface area (Å²) in [7, 11) is 0. The lowest BCUT2D eigenvalue weighted by Gasteiger charge is -2.33. The predicted molar refractivity (Wildman–Crippen MR) is 113 cm³/mol. The van der Waals surface area contributed by atoms with Crippen molar-refractivity contribution < 1.29 is 14.3 Å². The molecule has 0 N–H and O–H groups in total. The van der Waals surface area contributed by atoms with Crippen molar-refractivity contribution in [2.24, 2.45) is 5.92 Å². The summed E-state index contributed by atoms with van der Waals surface area (Å²) in [5, 5.41) is 0. The van der Waals surface area contributed by atoms with Gasteiger partial charge in [0.2, 0.25) is 11.8 Å². The molecule has 1 saturated heterocycles. The van der Waals surface area contributed by atoms with Gasteiger partial charge < -0.3 is 14.5 Å². The van der Waals surface area contributed by atoms with Crippen molar-refractivity contribution >= 4 is 17.5 Å². The van der Waals surface area contributed by atoms with Gasteiger partial charge in [-0.2, -0.15) is 0 Å². The number of amides is 2. The Morgan fingerprint density at radius 3 is 2.52 bits per heavy atom. The fraction of sp³-hybridized carbons (Fsp3) is 0.417. The van der Waals surface area contributed by atoms with E-state index in [-0.39, 0.29) is 24.3 Å². The van der Waals surface area contributed by atoms with Crippen LogP contribution >= 0.6 is 0 Å². The molecule has 1 fully saturated rings. The van der Waals surface area contributed by atoms with E-state index in [0.717, 1.165) is 48.5 Å². The molecule has 0 aromatic heterocycles. The highest BCUT2D eigenvalue weighted by molar-refractivity contribution is 6.00. The van der Waals surface area contributed by atoms with Crippen LogP contribution in [0.3, 0.4) is 0 Å². The van der Waals surface area contributed by atoms with Crippen LogP contribution in [-0.4, -0.2) is 43.0 Å². The van der Waals surface area contributed by atoms with Gasteiger partial charge >= 0.3 is 0 Å². The number of anilines is 1. The lowest BCUT2D eigenvalue weighted by molar-refractivity contribution is -0.133. The largest absolute Gasteiger partial charge is 0.492 e. The highest BCUT2D eigenvalue weighted by atomic mass is 16.5. The standard InChI is InChI=1S/C24H28N2O3/c1-18-9-11-21(12-10-18)26(16-23(27)25-13-5-2-6-14-25)24(28)20-15-19-7-3-4-8-22(19)29-17-20/h3-4,7-12,20H,2,5-6,13-17H2,1H3. The quantitative estimate of drug-likeness (QED) is 0.799. The van der Waals surface area contributed by atoms with Gasteiger partial charge in [0.1, 0.15) is 18.9 Å². The Morgan fingerprint density at radius 1 is 1.03 bits per heavy atom. The molecule has 2 heterocycles. The third-order valence-corrected chi connectivity index (χ3v) is 5.84. The number of piperidine rings is 1. The van der Waals surface area contributed by atoms with Crippen LogP contribution in [0.4, 0.5) is 5.69 Å². The number of para-hydroxylation sites is 1. The Balaban J connectivity index is 1.55. The van der Waals surface area contributed by atoms with Gasteiger partial charge in [-0.05, 0) is 56.4 Å². The van der Waals surface area contributed by atoms with Gasteiger partial charge in [-0.3, -0.25) is 9.59 Å². The molecule has 0 bridgehead atoms. The lowest BCUT2D eigenvalue weighted by atomic mass is 9.95. The van der Waals surface area contributed by atoms with Crippen LogP contribution in [0.1, 0.15) is 30.4 Å². The second kappa shape index (κ2) is 8.68. The van der Waals surface area contributed by atoms with Crippen molar-refractivity contribution in [3.63, 3.8) is 0 Å². The fourth-order valence-corrected chi connectivity index (χ4v) is 4.11. The number of aryl methyl sites for hydroxylation is 1. The number of nitrogens with zero attached hydrogens (tertiary/aromatic N) is 2. The van der Waals surface area contributed by atoms with Crippen LogP contribution in [0.15, 0.2) is 48.5 Å². The molecule has 1 atom stereocenters. The van der Waals surface area contributed by atoms with E-state index in [2.05, 4.69) is 0 Å². The number of carbonyl (C=O) groups excluding carboxylic acids is 2. The van der Waals surface area contributed by atoms with Crippen LogP contribution in [0.2, 0.25) is 0 Å². The number of rotatable bonds is 4. The minimum Gasteiger partial charge on any atom is -0.492 e. The number of hydrogen-bond acceptors (Lipinski definition) is 3. The van der Waals surface area contributed by atoms with Gasteiger partial charge in [0.15, 0.2) is 0 Å². The van der Waals surface area contributed by atoms with Gasteiger partial charge in [0.05, 0.1) is 5.92 Å². The Morgan fingerprint density at radius 2 is 1.76 bits per heavy atom. The molecule has 2 aliphatic rings. The predicted octanol–water partition coefficient (Wildman–Crippen LogP) is 3.59. The molecule has 2 aliphatic heterocycles. The second-order valence-electron chi connectivity index (χ2n) is 8.02. The summed E-state index contributed by atoms with van der Waals surface area (Å²) in [4.78, 5) is 30.0. The molecule has 2 amide bonds. The molecular weight excluding hydrogens is 364 g/mol. The highest BCUT2D eigenvalue weighted by Gasteiger charge is 2.32. The first-order chi connectivity index (χ1) is 14.1. The maximum atomic E-state index is 13.5.